The van der Waals surface area contributed by atoms with E-state index >= 15 is 0 Å². The van der Waals surface area contributed by atoms with Crippen LogP contribution in [0.4, 0.5) is 10.1 Å². The zero-order chi connectivity index (χ0) is 14.4. The minimum absolute atomic E-state index is 0.0517. The molecule has 0 saturated carbocycles. The van der Waals surface area contributed by atoms with E-state index in [9.17, 15) is 9.18 Å². The Morgan fingerprint density at radius 2 is 2.15 bits per heavy atom. The molecule has 104 valence electrons. The molecule has 0 aliphatic heterocycles. The average Bonchev–Trinajstić information content (AvgIpc) is 2.43. The Morgan fingerprint density at radius 1 is 1.30 bits per heavy atom. The van der Waals surface area contributed by atoms with Crippen LogP contribution in [0.15, 0.2) is 42.7 Å². The fraction of sp³-hybridized carbons (Fsp3) is 0.143. The third-order valence-electron chi connectivity index (χ3n) is 2.38. The summed E-state index contributed by atoms with van der Waals surface area (Å²) in [6, 6.07) is 7.96. The van der Waals surface area contributed by atoms with Crippen LogP contribution in [-0.4, -0.2) is 17.6 Å². The molecule has 2 rings (SSSR count). The molecule has 2 aromatic rings. The number of carbonyl (C=O) groups is 1. The van der Waals surface area contributed by atoms with Crippen LogP contribution in [0.25, 0.3) is 0 Å². The number of hydrogen-bond acceptors (Lipinski definition) is 5. The Balaban J connectivity index is 1.78. The quantitative estimate of drug-likeness (QED) is 0.667. The van der Waals surface area contributed by atoms with E-state index in [0.717, 1.165) is 6.20 Å². The van der Waals surface area contributed by atoms with Gasteiger partial charge in [-0.3, -0.25) is 4.98 Å². The number of benzene rings is 1. The minimum atomic E-state index is -0.559. The van der Waals surface area contributed by atoms with Crippen LogP contribution in [0.5, 0.6) is 5.75 Å². The van der Waals surface area contributed by atoms with Crippen LogP contribution in [0, 0.1) is 5.82 Å². The summed E-state index contributed by atoms with van der Waals surface area (Å²) in [6.45, 7) is -0.296. The van der Waals surface area contributed by atoms with Crippen molar-refractivity contribution in [2.75, 3.05) is 12.3 Å². The molecular formula is C14H13FN2O3. The third kappa shape index (κ3) is 4.24. The van der Waals surface area contributed by atoms with Gasteiger partial charge in [-0.2, -0.15) is 0 Å². The van der Waals surface area contributed by atoms with Gasteiger partial charge in [-0.15, -0.1) is 0 Å². The first-order chi connectivity index (χ1) is 9.63. The number of nitrogen functional groups attached to an aromatic ring is 1. The fourth-order valence-electron chi connectivity index (χ4n) is 1.49. The van der Waals surface area contributed by atoms with Crippen molar-refractivity contribution < 1.29 is 18.7 Å². The summed E-state index contributed by atoms with van der Waals surface area (Å²) < 4.78 is 23.0. The topological polar surface area (TPSA) is 74.4 Å². The van der Waals surface area contributed by atoms with Gasteiger partial charge in [-0.05, 0) is 18.2 Å². The van der Waals surface area contributed by atoms with Gasteiger partial charge in [0.1, 0.15) is 18.2 Å². The number of nitrogens with zero attached hydrogens (tertiary/aromatic N) is 1. The van der Waals surface area contributed by atoms with Gasteiger partial charge in [0.2, 0.25) is 0 Å². The molecule has 0 bridgehead atoms. The van der Waals surface area contributed by atoms with Crippen LogP contribution in [0.1, 0.15) is 5.56 Å². The zero-order valence-corrected chi connectivity index (χ0v) is 10.6. The van der Waals surface area contributed by atoms with Crippen LogP contribution in [0.3, 0.4) is 0 Å². The highest BCUT2D eigenvalue weighted by Gasteiger charge is 2.06. The molecule has 20 heavy (non-hydrogen) atoms. The molecule has 0 amide bonds. The van der Waals surface area contributed by atoms with Gasteiger partial charge in [-0.1, -0.05) is 6.07 Å². The number of nitrogens with two attached hydrogens (primary N) is 1. The molecule has 0 aliphatic carbocycles. The Hall–Kier alpha value is -2.63. The summed E-state index contributed by atoms with van der Waals surface area (Å²) >= 11 is 0. The Morgan fingerprint density at radius 3 is 2.90 bits per heavy atom. The zero-order valence-electron chi connectivity index (χ0n) is 10.6. The predicted molar refractivity (Wildman–Crippen MR) is 70.3 cm³/mol. The fourth-order valence-corrected chi connectivity index (χ4v) is 1.49. The SMILES string of the molecule is Nc1cccc(OCC(=O)OCc2cncc(F)c2)c1. The van der Waals surface area contributed by atoms with E-state index in [1.807, 2.05) is 0 Å². The maximum absolute atomic E-state index is 12.9. The van der Waals surface area contributed by atoms with Crippen molar-refractivity contribution in [1.82, 2.24) is 4.98 Å². The van der Waals surface area contributed by atoms with Gasteiger partial charge >= 0.3 is 5.97 Å². The molecule has 0 radical (unpaired) electrons. The highest BCUT2D eigenvalue weighted by atomic mass is 19.1. The maximum atomic E-state index is 12.9. The largest absolute Gasteiger partial charge is 0.482 e. The van der Waals surface area contributed by atoms with E-state index < -0.39 is 11.8 Å². The second-order valence-electron chi connectivity index (χ2n) is 4.03. The number of hydrogen-bond donors (Lipinski definition) is 1. The summed E-state index contributed by atoms with van der Waals surface area (Å²) in [5.74, 6) is -0.555. The van der Waals surface area contributed by atoms with Gasteiger partial charge in [0.25, 0.3) is 0 Å². The minimum Gasteiger partial charge on any atom is -0.482 e. The van der Waals surface area contributed by atoms with Crippen molar-refractivity contribution in [1.29, 1.82) is 0 Å². The molecule has 0 aliphatic rings. The van der Waals surface area contributed by atoms with E-state index in [4.69, 9.17) is 15.2 Å². The van der Waals surface area contributed by atoms with Crippen molar-refractivity contribution in [2.24, 2.45) is 0 Å². The van der Waals surface area contributed by atoms with Crippen LogP contribution >= 0.6 is 0 Å². The Labute approximate surface area is 115 Å². The van der Waals surface area contributed by atoms with Crippen molar-refractivity contribution in [2.45, 2.75) is 6.61 Å². The van der Waals surface area contributed by atoms with Crippen LogP contribution in [-0.2, 0) is 16.1 Å². The molecule has 0 saturated heterocycles. The molecule has 0 atom stereocenters. The lowest BCUT2D eigenvalue weighted by molar-refractivity contribution is -0.147. The van der Waals surface area contributed by atoms with Gasteiger partial charge in [-0.25, -0.2) is 9.18 Å². The van der Waals surface area contributed by atoms with Gasteiger partial charge in [0.05, 0.1) is 6.20 Å². The number of esters is 1. The van der Waals surface area contributed by atoms with Gasteiger partial charge in [0.15, 0.2) is 6.61 Å². The summed E-state index contributed by atoms with van der Waals surface area (Å²) in [4.78, 5) is 15.1. The maximum Gasteiger partial charge on any atom is 0.344 e. The van der Waals surface area contributed by atoms with Crippen molar-refractivity contribution in [3.63, 3.8) is 0 Å². The number of carbonyl (C=O) groups excluding carboxylic acids is 1. The van der Waals surface area contributed by atoms with Crippen molar-refractivity contribution in [3.05, 3.63) is 54.1 Å². The second kappa shape index (κ2) is 6.51. The van der Waals surface area contributed by atoms with E-state index in [2.05, 4.69) is 4.98 Å². The molecule has 0 unspecified atom stereocenters. The monoisotopic (exact) mass is 276 g/mol. The first kappa shape index (κ1) is 13.8. The van der Waals surface area contributed by atoms with Gasteiger partial charge in [0, 0.05) is 23.5 Å². The lowest BCUT2D eigenvalue weighted by Gasteiger charge is -2.07. The molecule has 2 N–H and O–H groups in total. The smallest absolute Gasteiger partial charge is 0.344 e. The Kier molecular flexibility index (Phi) is 4.49. The number of anilines is 1. The molecule has 0 spiro atoms. The van der Waals surface area contributed by atoms with E-state index in [1.165, 1.54) is 12.3 Å². The molecule has 1 aromatic heterocycles. The molecule has 0 fully saturated rings. The first-order valence-corrected chi connectivity index (χ1v) is 5.87. The standard InChI is InChI=1S/C14H13FN2O3/c15-11-4-10(6-17-7-11)8-20-14(18)9-19-13-3-1-2-12(16)5-13/h1-7H,8-9,16H2. The summed E-state index contributed by atoms with van der Waals surface area (Å²) in [6.07, 6.45) is 2.50. The summed E-state index contributed by atoms with van der Waals surface area (Å²) in [5, 5.41) is 0. The number of aromatic nitrogens is 1. The number of ether oxygens (including phenoxy) is 2. The normalized spacial score (nSPS) is 10.1. The van der Waals surface area contributed by atoms with Gasteiger partial charge < -0.3 is 15.2 Å². The van der Waals surface area contributed by atoms with E-state index in [1.54, 1.807) is 24.3 Å². The second-order valence-corrected chi connectivity index (χ2v) is 4.03. The molecule has 5 nitrogen and oxygen atoms in total. The number of rotatable bonds is 5. The number of halogens is 1. The molecule has 1 aromatic carbocycles. The highest BCUT2D eigenvalue weighted by molar-refractivity contribution is 5.71. The predicted octanol–water partition coefficient (Wildman–Crippen LogP) is 1.93. The lowest BCUT2D eigenvalue weighted by atomic mass is 10.3. The summed E-state index contributed by atoms with van der Waals surface area (Å²) in [5.41, 5.74) is 6.59. The first-order valence-electron chi connectivity index (χ1n) is 5.87. The summed E-state index contributed by atoms with van der Waals surface area (Å²) in [7, 11) is 0. The van der Waals surface area contributed by atoms with Crippen LogP contribution in [0.2, 0.25) is 0 Å². The highest BCUT2D eigenvalue weighted by Crippen LogP contribution is 2.14. The van der Waals surface area contributed by atoms with Crippen molar-refractivity contribution >= 4 is 11.7 Å². The average molecular weight is 276 g/mol. The third-order valence-corrected chi connectivity index (χ3v) is 2.38. The number of pyridine rings is 1. The van der Waals surface area contributed by atoms with Crippen LogP contribution < -0.4 is 10.5 Å². The van der Waals surface area contributed by atoms with Crippen molar-refractivity contribution in [3.8, 4) is 5.75 Å². The molecule has 6 heteroatoms. The lowest BCUT2D eigenvalue weighted by Crippen LogP contribution is -2.14. The Bertz CT molecular complexity index is 553. The van der Waals surface area contributed by atoms with E-state index in [0.29, 0.717) is 17.0 Å². The molecular weight excluding hydrogens is 263 g/mol. The molecule has 1 heterocycles. The van der Waals surface area contributed by atoms with E-state index in [-0.39, 0.29) is 13.2 Å².